The van der Waals surface area contributed by atoms with Gasteiger partial charge in [-0.1, -0.05) is 0 Å². The molecular formula is C6H8ClN3. The highest BCUT2D eigenvalue weighted by molar-refractivity contribution is 6.20. The zero-order valence-corrected chi connectivity index (χ0v) is 6.34. The molecule has 10 heavy (non-hydrogen) atoms. The molecule has 0 radical (unpaired) electrons. The topological polar surface area (TPSA) is 51.8 Å². The van der Waals surface area contributed by atoms with E-state index in [1.165, 1.54) is 6.20 Å². The van der Waals surface area contributed by atoms with Crippen molar-refractivity contribution in [2.45, 2.75) is 12.3 Å². The quantitative estimate of drug-likeness (QED) is 0.627. The van der Waals surface area contributed by atoms with Gasteiger partial charge in [0.15, 0.2) is 0 Å². The van der Waals surface area contributed by atoms with E-state index < -0.39 is 0 Å². The minimum Gasteiger partial charge on any atom is -0.382 e. The molecule has 0 aliphatic rings. The number of hydrogen-bond donors (Lipinski definition) is 1. The molecule has 0 aliphatic heterocycles. The Morgan fingerprint density at radius 1 is 1.50 bits per heavy atom. The van der Waals surface area contributed by atoms with Gasteiger partial charge in [0.25, 0.3) is 0 Å². The summed E-state index contributed by atoms with van der Waals surface area (Å²) in [5.41, 5.74) is 6.06. The highest BCUT2D eigenvalue weighted by Crippen LogP contribution is 2.15. The molecule has 0 aliphatic carbocycles. The SMILES string of the molecule is CC(Cl)c1cnc(N)cn1. The van der Waals surface area contributed by atoms with E-state index in [1.54, 1.807) is 6.20 Å². The van der Waals surface area contributed by atoms with Gasteiger partial charge in [-0.2, -0.15) is 0 Å². The van der Waals surface area contributed by atoms with Gasteiger partial charge in [-0.3, -0.25) is 4.98 Å². The summed E-state index contributed by atoms with van der Waals surface area (Å²) < 4.78 is 0. The van der Waals surface area contributed by atoms with Crippen LogP contribution in [-0.2, 0) is 0 Å². The lowest BCUT2D eigenvalue weighted by atomic mass is 10.3. The second kappa shape index (κ2) is 2.84. The minimum absolute atomic E-state index is 0.104. The van der Waals surface area contributed by atoms with Crippen molar-refractivity contribution in [3.05, 3.63) is 18.1 Å². The zero-order chi connectivity index (χ0) is 7.56. The van der Waals surface area contributed by atoms with Gasteiger partial charge in [0, 0.05) is 0 Å². The lowest BCUT2D eigenvalue weighted by Crippen LogP contribution is -1.95. The van der Waals surface area contributed by atoms with Crippen molar-refractivity contribution in [1.82, 2.24) is 9.97 Å². The molecule has 0 amide bonds. The van der Waals surface area contributed by atoms with E-state index in [0.717, 1.165) is 5.69 Å². The average molecular weight is 158 g/mol. The first-order chi connectivity index (χ1) is 4.70. The average Bonchev–Trinajstić information content (AvgIpc) is 1.88. The maximum atomic E-state index is 5.71. The molecule has 1 heterocycles. The summed E-state index contributed by atoms with van der Waals surface area (Å²) in [4.78, 5) is 7.79. The van der Waals surface area contributed by atoms with Crippen LogP contribution in [0.2, 0.25) is 0 Å². The predicted molar refractivity (Wildman–Crippen MR) is 40.7 cm³/mol. The third-order valence-corrected chi connectivity index (χ3v) is 1.32. The number of nitrogens with zero attached hydrogens (tertiary/aromatic N) is 2. The molecule has 3 nitrogen and oxygen atoms in total. The summed E-state index contributed by atoms with van der Waals surface area (Å²) in [5.74, 6) is 0.418. The zero-order valence-electron chi connectivity index (χ0n) is 5.58. The van der Waals surface area contributed by atoms with Crippen LogP contribution in [0.15, 0.2) is 12.4 Å². The number of anilines is 1. The molecular weight excluding hydrogens is 150 g/mol. The third kappa shape index (κ3) is 1.57. The van der Waals surface area contributed by atoms with Crippen molar-refractivity contribution in [3.63, 3.8) is 0 Å². The van der Waals surface area contributed by atoms with Crippen molar-refractivity contribution >= 4 is 17.4 Å². The number of halogens is 1. The first kappa shape index (κ1) is 7.28. The Hall–Kier alpha value is -0.830. The molecule has 54 valence electrons. The maximum Gasteiger partial charge on any atom is 0.141 e. The summed E-state index contributed by atoms with van der Waals surface area (Å²) in [6.45, 7) is 1.84. The van der Waals surface area contributed by atoms with Gasteiger partial charge in [0.05, 0.1) is 23.5 Å². The number of nitrogen functional groups attached to an aromatic ring is 1. The molecule has 1 rings (SSSR count). The van der Waals surface area contributed by atoms with Gasteiger partial charge in [0.1, 0.15) is 5.82 Å². The molecule has 0 saturated carbocycles. The molecule has 1 atom stereocenters. The Balaban J connectivity index is 2.89. The second-order valence-electron chi connectivity index (χ2n) is 1.98. The van der Waals surface area contributed by atoms with Crippen LogP contribution in [0.5, 0.6) is 0 Å². The Labute approximate surface area is 64.2 Å². The lowest BCUT2D eigenvalue weighted by molar-refractivity contribution is 0.970. The number of rotatable bonds is 1. The number of nitrogens with two attached hydrogens (primary N) is 1. The number of alkyl halides is 1. The van der Waals surface area contributed by atoms with Crippen LogP contribution in [0.3, 0.4) is 0 Å². The summed E-state index contributed by atoms with van der Waals surface area (Å²) in [5, 5.41) is -0.104. The molecule has 0 fully saturated rings. The van der Waals surface area contributed by atoms with E-state index in [2.05, 4.69) is 9.97 Å². The van der Waals surface area contributed by atoms with Crippen molar-refractivity contribution < 1.29 is 0 Å². The molecule has 0 saturated heterocycles. The third-order valence-electron chi connectivity index (χ3n) is 1.10. The van der Waals surface area contributed by atoms with E-state index in [1.807, 2.05) is 6.92 Å². The Morgan fingerprint density at radius 2 is 2.20 bits per heavy atom. The van der Waals surface area contributed by atoms with Crippen LogP contribution < -0.4 is 5.73 Å². The maximum absolute atomic E-state index is 5.71. The molecule has 0 bridgehead atoms. The largest absolute Gasteiger partial charge is 0.382 e. The van der Waals surface area contributed by atoms with Crippen LogP contribution in [-0.4, -0.2) is 9.97 Å². The van der Waals surface area contributed by atoms with Gasteiger partial charge >= 0.3 is 0 Å². The van der Waals surface area contributed by atoms with Gasteiger partial charge in [-0.05, 0) is 6.92 Å². The van der Waals surface area contributed by atoms with Crippen LogP contribution >= 0.6 is 11.6 Å². The normalized spacial score (nSPS) is 13.0. The monoisotopic (exact) mass is 157 g/mol. The summed E-state index contributed by atoms with van der Waals surface area (Å²) in [6, 6.07) is 0. The number of aromatic nitrogens is 2. The summed E-state index contributed by atoms with van der Waals surface area (Å²) in [6.07, 6.45) is 3.07. The van der Waals surface area contributed by atoms with E-state index >= 15 is 0 Å². The fraction of sp³-hybridized carbons (Fsp3) is 0.333. The van der Waals surface area contributed by atoms with Crippen molar-refractivity contribution in [2.75, 3.05) is 5.73 Å². The lowest BCUT2D eigenvalue weighted by Gasteiger charge is -1.99. The molecule has 1 aromatic heterocycles. The summed E-state index contributed by atoms with van der Waals surface area (Å²) >= 11 is 5.71. The molecule has 1 aromatic rings. The minimum atomic E-state index is -0.104. The van der Waals surface area contributed by atoms with Gasteiger partial charge in [-0.15, -0.1) is 11.6 Å². The van der Waals surface area contributed by atoms with Gasteiger partial charge < -0.3 is 5.73 Å². The Kier molecular flexibility index (Phi) is 2.06. The highest BCUT2D eigenvalue weighted by atomic mass is 35.5. The van der Waals surface area contributed by atoms with Crippen LogP contribution in [0.4, 0.5) is 5.82 Å². The number of hydrogen-bond acceptors (Lipinski definition) is 3. The molecule has 4 heteroatoms. The van der Waals surface area contributed by atoms with Crippen LogP contribution in [0.1, 0.15) is 18.0 Å². The van der Waals surface area contributed by atoms with Gasteiger partial charge in [-0.25, -0.2) is 4.98 Å². The fourth-order valence-electron chi connectivity index (χ4n) is 0.553. The standard InChI is InChI=1S/C6H8ClN3/c1-4(7)5-2-10-6(8)3-9-5/h2-4H,1H3,(H2,8,10). The Bertz CT molecular complexity index is 207. The van der Waals surface area contributed by atoms with Crippen molar-refractivity contribution in [2.24, 2.45) is 0 Å². The van der Waals surface area contributed by atoms with E-state index in [-0.39, 0.29) is 5.38 Å². The van der Waals surface area contributed by atoms with E-state index in [0.29, 0.717) is 5.82 Å². The van der Waals surface area contributed by atoms with E-state index in [9.17, 15) is 0 Å². The molecule has 0 spiro atoms. The fourth-order valence-corrected chi connectivity index (χ4v) is 0.666. The van der Waals surface area contributed by atoms with Crippen LogP contribution in [0, 0.1) is 0 Å². The molecule has 0 aromatic carbocycles. The molecule has 1 unspecified atom stereocenters. The smallest absolute Gasteiger partial charge is 0.141 e. The van der Waals surface area contributed by atoms with Crippen molar-refractivity contribution in [1.29, 1.82) is 0 Å². The van der Waals surface area contributed by atoms with E-state index in [4.69, 9.17) is 17.3 Å². The Morgan fingerprint density at radius 3 is 2.60 bits per heavy atom. The van der Waals surface area contributed by atoms with Crippen LogP contribution in [0.25, 0.3) is 0 Å². The highest BCUT2D eigenvalue weighted by Gasteiger charge is 2.00. The second-order valence-corrected chi connectivity index (χ2v) is 2.64. The first-order valence-corrected chi connectivity index (χ1v) is 3.35. The predicted octanol–water partition coefficient (Wildman–Crippen LogP) is 1.36. The van der Waals surface area contributed by atoms with Gasteiger partial charge in [0.2, 0.25) is 0 Å². The summed E-state index contributed by atoms with van der Waals surface area (Å²) in [7, 11) is 0. The van der Waals surface area contributed by atoms with Crippen molar-refractivity contribution in [3.8, 4) is 0 Å². The first-order valence-electron chi connectivity index (χ1n) is 2.91. The molecule has 2 N–H and O–H groups in total.